The first kappa shape index (κ1) is 4.94. The third kappa shape index (κ3) is 2.94. The topological polar surface area (TPSA) is 63.6 Å². The van der Waals surface area contributed by atoms with Crippen molar-refractivity contribution < 1.29 is 19.4 Å². The van der Waals surface area contributed by atoms with E-state index in [0.29, 0.717) is 0 Å². The van der Waals surface area contributed by atoms with Crippen molar-refractivity contribution in [2.45, 2.75) is 0 Å². The summed E-state index contributed by atoms with van der Waals surface area (Å²) < 4.78 is 3.15. The molecule has 0 heterocycles. The first-order chi connectivity index (χ1) is 2.77. The van der Waals surface area contributed by atoms with E-state index in [4.69, 9.17) is 14.7 Å². The Balaban J connectivity index is 3.05. The van der Waals surface area contributed by atoms with Crippen LogP contribution in [0.25, 0.3) is 0 Å². The van der Waals surface area contributed by atoms with Crippen LogP contribution >= 0.6 is 0 Å². The van der Waals surface area contributed by atoms with Crippen molar-refractivity contribution >= 4 is 12.6 Å². The van der Waals surface area contributed by atoms with E-state index in [-0.39, 0.29) is 0 Å². The summed E-state index contributed by atoms with van der Waals surface area (Å²) in [5.41, 5.74) is 0. The summed E-state index contributed by atoms with van der Waals surface area (Å²) in [6, 6.07) is 0. The first-order valence-corrected chi connectivity index (χ1v) is 1.04. The lowest BCUT2D eigenvalue weighted by Gasteiger charge is -1.75. The lowest BCUT2D eigenvalue weighted by molar-refractivity contribution is 0.138. The van der Waals surface area contributed by atoms with E-state index in [1.807, 2.05) is 0 Å². The molecule has 0 aromatic rings. The first-order valence-electron chi connectivity index (χ1n) is 1.04. The van der Waals surface area contributed by atoms with Gasteiger partial charge in [-0.25, -0.2) is 9.59 Å². The Morgan fingerprint density at radius 1 is 1.83 bits per heavy atom. The molecule has 1 N–H and O–H groups in total. The van der Waals surface area contributed by atoms with Gasteiger partial charge in [0.2, 0.25) is 0 Å². The number of carbonyl (C=O) groups excluding carboxylic acids is 1. The molecule has 0 saturated heterocycles. The fourth-order valence-corrected chi connectivity index (χ4v) is 0.0356. The summed E-state index contributed by atoms with van der Waals surface area (Å²) >= 11 is 0. The second-order valence-corrected chi connectivity index (χ2v) is 0.451. The van der Waals surface area contributed by atoms with E-state index in [0.717, 1.165) is 6.47 Å². The van der Waals surface area contributed by atoms with Gasteiger partial charge in [-0.3, -0.25) is 0 Å². The van der Waals surface area contributed by atoms with E-state index in [1.165, 1.54) is 0 Å². The summed E-state index contributed by atoms with van der Waals surface area (Å²) in [7, 11) is 0. The van der Waals surface area contributed by atoms with Crippen molar-refractivity contribution in [1.82, 2.24) is 0 Å². The highest BCUT2D eigenvalue weighted by atomic mass is 16.7. The minimum atomic E-state index is -1.63. The SMILES string of the molecule is O=[C]OC(=O)O. The summed E-state index contributed by atoms with van der Waals surface area (Å²) in [6.07, 6.45) is -1.63. The van der Waals surface area contributed by atoms with Crippen LogP contribution in [-0.2, 0) is 9.53 Å². The predicted molar refractivity (Wildman–Crippen MR) is 14.8 cm³/mol. The van der Waals surface area contributed by atoms with Gasteiger partial charge >= 0.3 is 12.6 Å². The third-order valence-electron chi connectivity index (χ3n) is 0.129. The minimum Gasteiger partial charge on any atom is -0.449 e. The van der Waals surface area contributed by atoms with Gasteiger partial charge in [-0.2, -0.15) is 0 Å². The molecule has 0 aromatic heterocycles. The molecule has 0 amide bonds. The van der Waals surface area contributed by atoms with E-state index < -0.39 is 6.16 Å². The van der Waals surface area contributed by atoms with Crippen LogP contribution in [0.1, 0.15) is 0 Å². The van der Waals surface area contributed by atoms with Crippen LogP contribution in [0.5, 0.6) is 0 Å². The summed E-state index contributed by atoms with van der Waals surface area (Å²) in [6.45, 7) is 0.718. The molecule has 0 saturated carbocycles. The second-order valence-electron chi connectivity index (χ2n) is 0.451. The molecule has 0 aliphatic carbocycles. The largest absolute Gasteiger partial charge is 0.514 e. The van der Waals surface area contributed by atoms with E-state index >= 15 is 0 Å². The molecule has 0 spiro atoms. The third-order valence-corrected chi connectivity index (χ3v) is 0.129. The monoisotopic (exact) mass is 89.0 g/mol. The number of hydrogen-bond acceptors (Lipinski definition) is 3. The summed E-state index contributed by atoms with van der Waals surface area (Å²) in [5, 5.41) is 7.43. The molecule has 0 atom stereocenters. The van der Waals surface area contributed by atoms with E-state index in [9.17, 15) is 0 Å². The van der Waals surface area contributed by atoms with Crippen molar-refractivity contribution in [1.29, 1.82) is 0 Å². The van der Waals surface area contributed by atoms with Gasteiger partial charge in [0, 0.05) is 0 Å². The van der Waals surface area contributed by atoms with E-state index in [2.05, 4.69) is 4.74 Å². The van der Waals surface area contributed by atoms with Gasteiger partial charge < -0.3 is 9.84 Å². The Morgan fingerprint density at radius 2 is 2.33 bits per heavy atom. The average molecular weight is 89.0 g/mol. The van der Waals surface area contributed by atoms with Gasteiger partial charge in [0.15, 0.2) is 0 Å². The molecule has 0 aliphatic rings. The smallest absolute Gasteiger partial charge is 0.449 e. The Bertz CT molecular complexity index is 65.9. The van der Waals surface area contributed by atoms with Crippen LogP contribution in [-0.4, -0.2) is 17.7 Å². The Labute approximate surface area is 33.3 Å². The Kier molecular flexibility index (Phi) is 1.81. The average Bonchev–Trinajstić information content (AvgIpc) is 1.35. The summed E-state index contributed by atoms with van der Waals surface area (Å²) in [5.74, 6) is 0. The number of hydrogen-bond donors (Lipinski definition) is 1. The molecule has 0 fully saturated rings. The van der Waals surface area contributed by atoms with Gasteiger partial charge in [-0.05, 0) is 0 Å². The Morgan fingerprint density at radius 3 is 2.33 bits per heavy atom. The van der Waals surface area contributed by atoms with Crippen molar-refractivity contribution in [3.05, 3.63) is 0 Å². The van der Waals surface area contributed by atoms with Gasteiger partial charge in [-0.15, -0.1) is 0 Å². The highest BCUT2D eigenvalue weighted by Gasteiger charge is 1.89. The quantitative estimate of drug-likeness (QED) is 0.355. The predicted octanol–water partition coefficient (Wildman–Crippen LogP) is -0.252. The molecular weight excluding hydrogens is 88.0 g/mol. The molecule has 4 nitrogen and oxygen atoms in total. The highest BCUT2D eigenvalue weighted by molar-refractivity contribution is 5.67. The van der Waals surface area contributed by atoms with Crippen LogP contribution < -0.4 is 0 Å². The van der Waals surface area contributed by atoms with Crippen LogP contribution in [0, 0.1) is 0 Å². The van der Waals surface area contributed by atoms with Gasteiger partial charge in [-0.1, -0.05) is 0 Å². The molecule has 33 valence electrons. The minimum absolute atomic E-state index is 0.718. The van der Waals surface area contributed by atoms with Gasteiger partial charge in [0.25, 0.3) is 0 Å². The normalized spacial score (nSPS) is 6.67. The van der Waals surface area contributed by atoms with Crippen LogP contribution in [0.3, 0.4) is 0 Å². The number of rotatable bonds is 1. The zero-order chi connectivity index (χ0) is 4.99. The second kappa shape index (κ2) is 2.19. The fraction of sp³-hybridized carbons (Fsp3) is 0. The molecule has 0 aliphatic heterocycles. The molecule has 0 unspecified atom stereocenters. The molecule has 1 radical (unpaired) electrons. The highest BCUT2D eigenvalue weighted by Crippen LogP contribution is 1.62. The lowest BCUT2D eigenvalue weighted by atomic mass is 11.3. The van der Waals surface area contributed by atoms with Crippen LogP contribution in [0.2, 0.25) is 0 Å². The van der Waals surface area contributed by atoms with E-state index in [1.54, 1.807) is 0 Å². The maximum absolute atomic E-state index is 9.11. The zero-order valence-corrected chi connectivity index (χ0v) is 2.67. The lowest BCUT2D eigenvalue weighted by Crippen LogP contribution is -1.95. The maximum Gasteiger partial charge on any atom is 0.514 e. The molecule has 4 heteroatoms. The van der Waals surface area contributed by atoms with Crippen molar-refractivity contribution in [3.8, 4) is 0 Å². The van der Waals surface area contributed by atoms with Crippen LogP contribution in [0.15, 0.2) is 0 Å². The van der Waals surface area contributed by atoms with Crippen LogP contribution in [0.4, 0.5) is 4.79 Å². The molecule has 0 rings (SSSR count). The Hall–Kier alpha value is -1.06. The number of carbonyl (C=O) groups is 1. The van der Waals surface area contributed by atoms with Gasteiger partial charge in [0.1, 0.15) is 0 Å². The van der Waals surface area contributed by atoms with Crippen molar-refractivity contribution in [3.63, 3.8) is 0 Å². The van der Waals surface area contributed by atoms with Crippen molar-refractivity contribution in [2.24, 2.45) is 0 Å². The molecule has 0 aromatic carbocycles. The number of carboxylic acid groups (broad SMARTS) is 1. The number of ether oxygens (including phenoxy) is 1. The molecule has 6 heavy (non-hydrogen) atoms. The maximum atomic E-state index is 9.11. The standard InChI is InChI=1S/C2HO4/c3-1-6-2(4)5/h(H,4,5). The molecular formula is C2HO4. The van der Waals surface area contributed by atoms with Gasteiger partial charge in [0.05, 0.1) is 0 Å². The summed E-state index contributed by atoms with van der Waals surface area (Å²) in [4.78, 5) is 18.0. The fourth-order valence-electron chi connectivity index (χ4n) is 0.0356. The zero-order valence-electron chi connectivity index (χ0n) is 2.67. The van der Waals surface area contributed by atoms with Crippen molar-refractivity contribution in [2.75, 3.05) is 0 Å². The molecule has 0 bridgehead atoms.